The van der Waals surface area contributed by atoms with Crippen LogP contribution in [-0.4, -0.2) is 20.1 Å². The van der Waals surface area contributed by atoms with Crippen LogP contribution in [0.2, 0.25) is 19.6 Å². The third kappa shape index (κ3) is 2.11. The van der Waals surface area contributed by atoms with Crippen LogP contribution in [0.1, 0.15) is 6.92 Å². The summed E-state index contributed by atoms with van der Waals surface area (Å²) < 4.78 is 4.86. The molecule has 2 atom stereocenters. The number of hydrogen-bond donors (Lipinski definition) is 0. The van der Waals surface area contributed by atoms with E-state index < -0.39 is 8.07 Å². The smallest absolute Gasteiger partial charge is 0.314 e. The first kappa shape index (κ1) is 9.34. The molecule has 0 amide bonds. The minimum atomic E-state index is -1.31. The Kier molecular flexibility index (Phi) is 2.29. The van der Waals surface area contributed by atoms with Crippen LogP contribution in [0.25, 0.3) is 0 Å². The molecular formula is C9H14O2Si. The van der Waals surface area contributed by atoms with E-state index in [1.54, 1.807) is 0 Å². The van der Waals surface area contributed by atoms with Gasteiger partial charge in [0.2, 0.25) is 0 Å². The second-order valence-electron chi connectivity index (χ2n) is 4.17. The summed E-state index contributed by atoms with van der Waals surface area (Å²) >= 11 is 0. The predicted octanol–water partition coefficient (Wildman–Crippen LogP) is 1.43. The van der Waals surface area contributed by atoms with Gasteiger partial charge in [-0.3, -0.25) is 4.79 Å². The monoisotopic (exact) mass is 182 g/mol. The molecule has 0 spiro atoms. The first-order valence-corrected chi connectivity index (χ1v) is 7.63. The molecule has 1 saturated heterocycles. The Morgan fingerprint density at radius 3 is 2.33 bits per heavy atom. The van der Waals surface area contributed by atoms with E-state index in [4.69, 9.17) is 4.74 Å². The van der Waals surface area contributed by atoms with Gasteiger partial charge in [0, 0.05) is 0 Å². The number of esters is 1. The Bertz CT molecular complexity index is 254. The van der Waals surface area contributed by atoms with E-state index in [1.807, 2.05) is 6.92 Å². The third-order valence-corrected chi connectivity index (χ3v) is 2.55. The van der Waals surface area contributed by atoms with E-state index in [9.17, 15) is 4.79 Å². The average molecular weight is 182 g/mol. The normalized spacial score (nSPS) is 28.2. The lowest BCUT2D eigenvalue weighted by Crippen LogP contribution is -2.42. The summed E-state index contributed by atoms with van der Waals surface area (Å²) in [6.45, 7) is 8.37. The second-order valence-corrected chi connectivity index (χ2v) is 8.92. The van der Waals surface area contributed by atoms with E-state index in [1.165, 1.54) is 0 Å². The zero-order valence-electron chi connectivity index (χ0n) is 7.97. The number of ether oxygens (including phenoxy) is 1. The molecule has 1 aliphatic heterocycles. The standard InChI is InChI=1S/C9H14O2Si/c1-7-8(11-9(7)10)5-6-12(2,3)4/h7-8H,1-4H3/t7-,8+/m0/s1. The topological polar surface area (TPSA) is 26.3 Å². The van der Waals surface area contributed by atoms with Gasteiger partial charge in [-0.15, -0.1) is 5.54 Å². The van der Waals surface area contributed by atoms with Crippen LogP contribution in [0.15, 0.2) is 0 Å². The van der Waals surface area contributed by atoms with Gasteiger partial charge in [0.15, 0.2) is 6.10 Å². The zero-order valence-corrected chi connectivity index (χ0v) is 8.97. The summed E-state index contributed by atoms with van der Waals surface area (Å²) in [5.74, 6) is 2.87. The summed E-state index contributed by atoms with van der Waals surface area (Å²) in [7, 11) is -1.31. The van der Waals surface area contributed by atoms with Crippen molar-refractivity contribution in [3.05, 3.63) is 0 Å². The average Bonchev–Trinajstić information content (AvgIpc) is 1.95. The highest BCUT2D eigenvalue weighted by Gasteiger charge is 2.37. The first-order chi connectivity index (χ1) is 5.40. The van der Waals surface area contributed by atoms with Gasteiger partial charge in [0.25, 0.3) is 0 Å². The minimum absolute atomic E-state index is 0.0196. The van der Waals surface area contributed by atoms with Crippen LogP contribution < -0.4 is 0 Å². The van der Waals surface area contributed by atoms with E-state index in [0.717, 1.165) is 0 Å². The number of carbonyl (C=O) groups excluding carboxylic acids is 1. The molecule has 0 aromatic heterocycles. The van der Waals surface area contributed by atoms with Gasteiger partial charge >= 0.3 is 5.97 Å². The van der Waals surface area contributed by atoms with Crippen LogP contribution in [0.3, 0.4) is 0 Å². The fraction of sp³-hybridized carbons (Fsp3) is 0.667. The van der Waals surface area contributed by atoms with Crippen molar-refractivity contribution in [2.24, 2.45) is 5.92 Å². The maximum atomic E-state index is 10.7. The Morgan fingerprint density at radius 1 is 1.42 bits per heavy atom. The van der Waals surface area contributed by atoms with Crippen LogP contribution >= 0.6 is 0 Å². The van der Waals surface area contributed by atoms with Gasteiger partial charge in [-0.25, -0.2) is 0 Å². The highest BCUT2D eigenvalue weighted by molar-refractivity contribution is 6.83. The molecule has 1 heterocycles. The summed E-state index contributed by atoms with van der Waals surface area (Å²) in [5.41, 5.74) is 3.19. The summed E-state index contributed by atoms with van der Waals surface area (Å²) in [5, 5.41) is 0. The van der Waals surface area contributed by atoms with Crippen molar-refractivity contribution in [2.45, 2.75) is 32.7 Å². The van der Waals surface area contributed by atoms with Gasteiger partial charge in [-0.05, 0) is 6.92 Å². The number of cyclic esters (lactones) is 1. The molecule has 0 aromatic rings. The molecule has 12 heavy (non-hydrogen) atoms. The van der Waals surface area contributed by atoms with Gasteiger partial charge in [0.1, 0.15) is 14.0 Å². The van der Waals surface area contributed by atoms with Crippen molar-refractivity contribution in [2.75, 3.05) is 0 Å². The second kappa shape index (κ2) is 2.95. The molecule has 1 rings (SSSR count). The molecule has 0 bridgehead atoms. The molecule has 1 fully saturated rings. The molecule has 3 heteroatoms. The Hall–Kier alpha value is -0.753. The van der Waals surface area contributed by atoms with Crippen LogP contribution in [0.4, 0.5) is 0 Å². The summed E-state index contributed by atoms with van der Waals surface area (Å²) in [6, 6.07) is 0. The molecule has 66 valence electrons. The quantitative estimate of drug-likeness (QED) is 0.322. The highest BCUT2D eigenvalue weighted by Crippen LogP contribution is 2.20. The van der Waals surface area contributed by atoms with Crippen LogP contribution in [0, 0.1) is 17.4 Å². The molecule has 0 N–H and O–H groups in total. The molecule has 0 saturated carbocycles. The number of hydrogen-bond acceptors (Lipinski definition) is 2. The van der Waals surface area contributed by atoms with Crippen LogP contribution in [-0.2, 0) is 9.53 Å². The molecule has 2 nitrogen and oxygen atoms in total. The van der Waals surface area contributed by atoms with Crippen molar-refractivity contribution in [3.63, 3.8) is 0 Å². The molecule has 0 aliphatic carbocycles. The lowest BCUT2D eigenvalue weighted by atomic mass is 10.0. The lowest BCUT2D eigenvalue weighted by molar-refractivity contribution is -0.175. The summed E-state index contributed by atoms with van der Waals surface area (Å²) in [4.78, 5) is 10.7. The first-order valence-electron chi connectivity index (χ1n) is 4.13. The molecular weight excluding hydrogens is 168 g/mol. The Balaban J connectivity index is 2.52. The SMILES string of the molecule is C[C@@H]1C(=O)O[C@@H]1C#C[Si](C)(C)C. The third-order valence-electron chi connectivity index (χ3n) is 1.66. The van der Waals surface area contributed by atoms with Crippen molar-refractivity contribution < 1.29 is 9.53 Å². The van der Waals surface area contributed by atoms with E-state index in [2.05, 4.69) is 31.1 Å². The van der Waals surface area contributed by atoms with E-state index in [0.29, 0.717) is 0 Å². The van der Waals surface area contributed by atoms with E-state index >= 15 is 0 Å². The summed E-state index contributed by atoms with van der Waals surface area (Å²) in [6.07, 6.45) is -0.135. The highest BCUT2D eigenvalue weighted by atomic mass is 28.3. The number of carbonyl (C=O) groups is 1. The number of rotatable bonds is 0. The van der Waals surface area contributed by atoms with E-state index in [-0.39, 0.29) is 18.0 Å². The predicted molar refractivity (Wildman–Crippen MR) is 50.2 cm³/mol. The zero-order chi connectivity index (χ0) is 9.35. The lowest BCUT2D eigenvalue weighted by Gasteiger charge is -2.28. The van der Waals surface area contributed by atoms with Crippen molar-refractivity contribution in [3.8, 4) is 11.5 Å². The van der Waals surface area contributed by atoms with Gasteiger partial charge < -0.3 is 4.74 Å². The molecule has 0 unspecified atom stereocenters. The van der Waals surface area contributed by atoms with Gasteiger partial charge in [-0.1, -0.05) is 25.6 Å². The largest absolute Gasteiger partial charge is 0.448 e. The molecule has 1 aliphatic rings. The maximum absolute atomic E-state index is 10.7. The van der Waals surface area contributed by atoms with Crippen LogP contribution in [0.5, 0.6) is 0 Å². The fourth-order valence-corrected chi connectivity index (χ4v) is 1.40. The van der Waals surface area contributed by atoms with Gasteiger partial charge in [0.05, 0.1) is 0 Å². The minimum Gasteiger partial charge on any atom is -0.448 e. The molecule has 0 aromatic carbocycles. The van der Waals surface area contributed by atoms with Gasteiger partial charge in [-0.2, -0.15) is 0 Å². The Morgan fingerprint density at radius 2 is 2.00 bits per heavy atom. The van der Waals surface area contributed by atoms with Crippen molar-refractivity contribution in [1.82, 2.24) is 0 Å². The fourth-order valence-electron chi connectivity index (χ4n) is 0.828. The maximum Gasteiger partial charge on any atom is 0.314 e. The Labute approximate surface area is 74.3 Å². The van der Waals surface area contributed by atoms with Crippen molar-refractivity contribution in [1.29, 1.82) is 0 Å². The van der Waals surface area contributed by atoms with Crippen molar-refractivity contribution >= 4 is 14.0 Å². The molecule has 0 radical (unpaired) electrons.